The molecule has 0 saturated carbocycles. The van der Waals surface area contributed by atoms with Crippen LogP contribution in [0.2, 0.25) is 0 Å². The lowest BCUT2D eigenvalue weighted by Crippen LogP contribution is -2.43. The third-order valence-corrected chi connectivity index (χ3v) is 5.35. The molecule has 1 atom stereocenters. The number of hydrogen-bond donors (Lipinski definition) is 2. The van der Waals surface area contributed by atoms with Crippen molar-refractivity contribution in [3.05, 3.63) is 35.6 Å². The van der Waals surface area contributed by atoms with Gasteiger partial charge in [0, 0.05) is 16.6 Å². The minimum Gasteiger partial charge on any atom is -0.481 e. The Labute approximate surface area is 160 Å². The second kappa shape index (κ2) is 8.22. The molecule has 27 heavy (non-hydrogen) atoms. The van der Waals surface area contributed by atoms with Crippen LogP contribution in [-0.4, -0.2) is 54.7 Å². The smallest absolute Gasteiger partial charge is 0.337 e. The van der Waals surface area contributed by atoms with E-state index >= 15 is 0 Å². The SMILES string of the molecule is COC(=O)C1=CC(=S)C(S(=O)(=O)NC(=O)Nc2nc(C)cc(OC)n2)C=C1. The number of carbonyl (C=O) groups excluding carboxylic acids is 2. The number of allylic oxidation sites excluding steroid dienone is 1. The number of anilines is 1. The van der Waals surface area contributed by atoms with Gasteiger partial charge >= 0.3 is 12.0 Å². The molecule has 0 fully saturated rings. The molecule has 1 unspecified atom stereocenters. The van der Waals surface area contributed by atoms with Gasteiger partial charge in [-0.25, -0.2) is 27.7 Å². The number of esters is 1. The molecule has 2 amide bonds. The maximum Gasteiger partial charge on any atom is 0.337 e. The highest BCUT2D eigenvalue weighted by atomic mass is 32.2. The van der Waals surface area contributed by atoms with Crippen LogP contribution in [0.25, 0.3) is 0 Å². The summed E-state index contributed by atoms with van der Waals surface area (Å²) in [4.78, 5) is 31.3. The molecule has 10 nitrogen and oxygen atoms in total. The summed E-state index contributed by atoms with van der Waals surface area (Å²) >= 11 is 5.02. The Bertz CT molecular complexity index is 955. The summed E-state index contributed by atoms with van der Waals surface area (Å²) in [7, 11) is -1.62. The summed E-state index contributed by atoms with van der Waals surface area (Å²) in [6.45, 7) is 1.65. The zero-order chi connectivity index (χ0) is 20.2. The number of carbonyl (C=O) groups is 2. The van der Waals surface area contributed by atoms with Crippen LogP contribution >= 0.6 is 12.2 Å². The van der Waals surface area contributed by atoms with Crippen LogP contribution in [0.3, 0.4) is 0 Å². The highest BCUT2D eigenvalue weighted by molar-refractivity contribution is 7.93. The average molecular weight is 412 g/mol. The van der Waals surface area contributed by atoms with Gasteiger partial charge in [0.15, 0.2) is 0 Å². The molecule has 1 heterocycles. The van der Waals surface area contributed by atoms with Gasteiger partial charge in [-0.15, -0.1) is 0 Å². The largest absolute Gasteiger partial charge is 0.481 e. The lowest BCUT2D eigenvalue weighted by atomic mass is 10.1. The summed E-state index contributed by atoms with van der Waals surface area (Å²) in [5.74, 6) is -0.576. The molecule has 12 heteroatoms. The molecule has 2 rings (SSSR count). The maximum absolute atomic E-state index is 12.4. The second-order valence-corrected chi connectivity index (χ2v) is 7.52. The van der Waals surface area contributed by atoms with Crippen LogP contribution in [0.1, 0.15) is 5.69 Å². The van der Waals surface area contributed by atoms with Gasteiger partial charge in [0.25, 0.3) is 0 Å². The number of methoxy groups -OCH3 is 2. The van der Waals surface area contributed by atoms with Crippen LogP contribution < -0.4 is 14.8 Å². The molecule has 0 saturated heterocycles. The van der Waals surface area contributed by atoms with E-state index in [4.69, 9.17) is 17.0 Å². The first kappa shape index (κ1) is 20.5. The highest BCUT2D eigenvalue weighted by Gasteiger charge is 2.31. The van der Waals surface area contributed by atoms with Crippen molar-refractivity contribution < 1.29 is 27.5 Å². The van der Waals surface area contributed by atoms with E-state index in [2.05, 4.69) is 20.0 Å². The fraction of sp³-hybridized carbons (Fsp3) is 0.267. The van der Waals surface area contributed by atoms with E-state index in [9.17, 15) is 18.0 Å². The predicted octanol–water partition coefficient (Wildman–Crippen LogP) is 0.653. The van der Waals surface area contributed by atoms with Crippen LogP contribution in [0.4, 0.5) is 10.7 Å². The molecular formula is C15H16N4O6S2. The van der Waals surface area contributed by atoms with Crippen LogP contribution in [-0.2, 0) is 19.6 Å². The minimum atomic E-state index is -4.21. The van der Waals surface area contributed by atoms with Crippen molar-refractivity contribution in [3.63, 3.8) is 0 Å². The lowest BCUT2D eigenvalue weighted by Gasteiger charge is -2.18. The number of ether oxygens (including phenoxy) is 2. The predicted molar refractivity (Wildman–Crippen MR) is 100 cm³/mol. The van der Waals surface area contributed by atoms with Gasteiger partial charge in [-0.05, 0) is 19.1 Å². The third kappa shape index (κ3) is 5.08. The maximum atomic E-state index is 12.4. The first-order valence-corrected chi connectivity index (χ1v) is 9.36. The molecule has 144 valence electrons. The Hall–Kier alpha value is -2.86. The third-order valence-electron chi connectivity index (χ3n) is 3.28. The zero-order valence-electron chi connectivity index (χ0n) is 14.5. The summed E-state index contributed by atoms with van der Waals surface area (Å²) in [6, 6.07) is 0.470. The van der Waals surface area contributed by atoms with E-state index < -0.39 is 27.3 Å². The van der Waals surface area contributed by atoms with E-state index in [1.54, 1.807) is 6.92 Å². The van der Waals surface area contributed by atoms with Gasteiger partial charge in [-0.3, -0.25) is 5.32 Å². The van der Waals surface area contributed by atoms with Gasteiger partial charge in [-0.2, -0.15) is 4.98 Å². The van der Waals surface area contributed by atoms with Crippen LogP contribution in [0, 0.1) is 6.92 Å². The summed E-state index contributed by atoms with van der Waals surface area (Å²) < 4.78 is 36.2. The van der Waals surface area contributed by atoms with Crippen molar-refractivity contribution in [1.29, 1.82) is 0 Å². The first-order chi connectivity index (χ1) is 12.7. The quantitative estimate of drug-likeness (QED) is 0.527. The normalized spacial score (nSPS) is 16.3. The fourth-order valence-electron chi connectivity index (χ4n) is 2.09. The van der Waals surface area contributed by atoms with Gasteiger partial charge in [0.2, 0.25) is 21.9 Å². The number of hydrogen-bond acceptors (Lipinski definition) is 9. The number of nitrogens with zero attached hydrogens (tertiary/aromatic N) is 2. The van der Waals surface area contributed by atoms with Crippen molar-refractivity contribution in [2.45, 2.75) is 12.2 Å². The number of aromatic nitrogens is 2. The van der Waals surface area contributed by atoms with Gasteiger partial charge < -0.3 is 9.47 Å². The number of amides is 2. The molecule has 1 aliphatic carbocycles. The topological polar surface area (TPSA) is 137 Å². The number of sulfonamides is 1. The molecule has 0 aliphatic heterocycles. The Kier molecular flexibility index (Phi) is 6.23. The summed E-state index contributed by atoms with van der Waals surface area (Å²) in [5, 5.41) is 0.909. The molecule has 1 aromatic heterocycles. The monoisotopic (exact) mass is 412 g/mol. The molecule has 1 aromatic rings. The van der Waals surface area contributed by atoms with Gasteiger partial charge in [0.05, 0.1) is 19.8 Å². The summed E-state index contributed by atoms with van der Waals surface area (Å²) in [5.41, 5.74) is 0.621. The Morgan fingerprint density at radius 3 is 2.56 bits per heavy atom. The first-order valence-electron chi connectivity index (χ1n) is 7.40. The zero-order valence-corrected chi connectivity index (χ0v) is 16.2. The molecule has 0 spiro atoms. The average Bonchev–Trinajstić information content (AvgIpc) is 2.59. The molecular weight excluding hydrogens is 396 g/mol. The molecule has 1 aliphatic rings. The van der Waals surface area contributed by atoms with Gasteiger partial charge in [-0.1, -0.05) is 18.3 Å². The van der Waals surface area contributed by atoms with E-state index in [0.717, 1.165) is 0 Å². The van der Waals surface area contributed by atoms with Gasteiger partial charge in [0.1, 0.15) is 5.25 Å². The number of thiocarbonyl (C=S) groups is 1. The molecule has 2 N–H and O–H groups in total. The van der Waals surface area contributed by atoms with E-state index in [-0.39, 0.29) is 22.3 Å². The number of urea groups is 1. The van der Waals surface area contributed by atoms with Crippen LogP contribution in [0.15, 0.2) is 29.9 Å². The Balaban J connectivity index is 2.10. The highest BCUT2D eigenvalue weighted by Crippen LogP contribution is 2.16. The molecule has 0 aromatic carbocycles. The van der Waals surface area contributed by atoms with Crippen molar-refractivity contribution in [2.24, 2.45) is 0 Å². The molecule has 0 radical (unpaired) electrons. The van der Waals surface area contributed by atoms with Crippen LogP contribution in [0.5, 0.6) is 5.88 Å². The lowest BCUT2D eigenvalue weighted by molar-refractivity contribution is -0.135. The number of nitrogens with one attached hydrogen (secondary N) is 2. The number of aryl methyl sites for hydroxylation is 1. The second-order valence-electron chi connectivity index (χ2n) is 5.25. The van der Waals surface area contributed by atoms with Crippen molar-refractivity contribution in [1.82, 2.24) is 14.7 Å². The minimum absolute atomic E-state index is 0.0633. The molecule has 0 bridgehead atoms. The number of rotatable bonds is 5. The standard InChI is InChI=1S/C15H16N4O6S2/c1-8-6-12(24-2)17-14(16-8)18-15(21)19-27(22,23)11-5-4-9(7-10(11)26)13(20)25-3/h4-7,11H,1-3H3,(H2,16,17,18,19,21). The van der Waals surface area contributed by atoms with Crippen molar-refractivity contribution in [3.8, 4) is 5.88 Å². The van der Waals surface area contributed by atoms with E-state index in [1.807, 2.05) is 4.72 Å². The Morgan fingerprint density at radius 2 is 1.96 bits per heavy atom. The summed E-state index contributed by atoms with van der Waals surface area (Å²) in [6.07, 6.45) is 3.66. The van der Waals surface area contributed by atoms with E-state index in [0.29, 0.717) is 5.69 Å². The van der Waals surface area contributed by atoms with Crippen molar-refractivity contribution >= 4 is 45.1 Å². The Morgan fingerprint density at radius 1 is 1.26 bits per heavy atom. The van der Waals surface area contributed by atoms with E-state index in [1.165, 1.54) is 38.5 Å². The van der Waals surface area contributed by atoms with Crippen molar-refractivity contribution in [2.75, 3.05) is 19.5 Å². The fourth-order valence-corrected chi connectivity index (χ4v) is 3.77.